The Balaban J connectivity index is 0.00000288. The maximum absolute atomic E-state index is 11.6. The molecule has 13 heteroatoms. The molecule has 2 heterocycles. The molecule has 124 valence electrons. The van der Waals surface area contributed by atoms with Gasteiger partial charge in [-0.1, -0.05) is 0 Å². The van der Waals surface area contributed by atoms with Crippen molar-refractivity contribution in [1.29, 1.82) is 0 Å². The van der Waals surface area contributed by atoms with Gasteiger partial charge in [0, 0.05) is 18.7 Å². The van der Waals surface area contributed by atoms with Crippen LogP contribution in [0.25, 0.3) is 0 Å². The maximum atomic E-state index is 11.6. The van der Waals surface area contributed by atoms with Crippen molar-refractivity contribution in [2.45, 2.75) is 18.1 Å². The van der Waals surface area contributed by atoms with Crippen molar-refractivity contribution >= 4 is 39.7 Å². The molecule has 4 amide bonds. The van der Waals surface area contributed by atoms with E-state index in [0.717, 1.165) is 17.1 Å². The molecule has 0 saturated carbocycles. The van der Waals surface area contributed by atoms with Gasteiger partial charge in [-0.25, -0.2) is 13.2 Å². The second-order valence-corrected chi connectivity index (χ2v) is 6.14. The minimum atomic E-state index is -5.05. The Morgan fingerprint density at radius 3 is 2.21 bits per heavy atom. The molecule has 1 atom stereocenters. The van der Waals surface area contributed by atoms with Crippen LogP contribution in [-0.4, -0.2) is 64.3 Å². The van der Waals surface area contributed by atoms with E-state index in [4.69, 9.17) is 0 Å². The van der Waals surface area contributed by atoms with Gasteiger partial charge in [-0.2, -0.15) is 0 Å². The minimum absolute atomic E-state index is 0. The molecule has 0 N–H and O–H groups in total. The maximum Gasteiger partial charge on any atom is 1.00 e. The second kappa shape index (κ2) is 7.53. The van der Waals surface area contributed by atoms with Crippen LogP contribution in [0.15, 0.2) is 12.2 Å². The third kappa shape index (κ3) is 4.27. The Morgan fingerprint density at radius 2 is 1.75 bits per heavy atom. The van der Waals surface area contributed by atoms with E-state index in [0.29, 0.717) is 0 Å². The van der Waals surface area contributed by atoms with Crippen LogP contribution in [0.1, 0.15) is 12.8 Å². The van der Waals surface area contributed by atoms with Gasteiger partial charge in [0.1, 0.15) is 15.4 Å². The SMILES string of the molecule is O=C(CCN1C(=O)C=CC1=O)ON1C(=O)CC(S(=O)(=O)[O-])C1=O.[Na+]. The Hall–Kier alpha value is -1.60. The Bertz CT molecular complexity index is 727. The van der Waals surface area contributed by atoms with Crippen LogP contribution in [0.4, 0.5) is 0 Å². The van der Waals surface area contributed by atoms with Gasteiger partial charge in [-0.3, -0.25) is 24.1 Å². The predicted molar refractivity (Wildman–Crippen MR) is 66.5 cm³/mol. The molecular weight excluding hydrogens is 359 g/mol. The van der Waals surface area contributed by atoms with Gasteiger partial charge in [0.15, 0.2) is 0 Å². The number of hydrogen-bond acceptors (Lipinski definition) is 9. The molecule has 1 saturated heterocycles. The van der Waals surface area contributed by atoms with E-state index in [9.17, 15) is 36.9 Å². The topological polar surface area (TPSA) is 158 Å². The van der Waals surface area contributed by atoms with Crippen LogP contribution < -0.4 is 29.6 Å². The van der Waals surface area contributed by atoms with Crippen LogP contribution in [0.2, 0.25) is 0 Å². The van der Waals surface area contributed by atoms with Gasteiger partial charge in [-0.05, 0) is 0 Å². The standard InChI is InChI=1S/C11H10N2O9S.Na/c14-7-1-2-8(15)12(7)4-3-10(17)22-13-9(16)5-6(11(13)18)23(19,20)21;/h1-2,6H,3-5H2,(H,19,20,21);/q;+1/p-1. The van der Waals surface area contributed by atoms with Crippen molar-refractivity contribution < 1.29 is 71.3 Å². The number of carbonyl (C=O) groups is 5. The zero-order valence-corrected chi connectivity index (χ0v) is 15.1. The monoisotopic (exact) mass is 368 g/mol. The largest absolute Gasteiger partial charge is 1.00 e. The number of hydroxylamine groups is 2. The minimum Gasteiger partial charge on any atom is -0.747 e. The second-order valence-electron chi connectivity index (χ2n) is 4.59. The molecule has 1 unspecified atom stereocenters. The van der Waals surface area contributed by atoms with E-state index < -0.39 is 57.8 Å². The Morgan fingerprint density at radius 1 is 1.21 bits per heavy atom. The van der Waals surface area contributed by atoms with Crippen molar-refractivity contribution in [3.63, 3.8) is 0 Å². The Labute approximate surface area is 157 Å². The molecule has 0 aliphatic carbocycles. The van der Waals surface area contributed by atoms with E-state index in [-0.39, 0.29) is 41.2 Å². The number of rotatable bonds is 5. The fraction of sp³-hybridized carbons (Fsp3) is 0.364. The summed E-state index contributed by atoms with van der Waals surface area (Å²) in [4.78, 5) is 62.2. The quantitative estimate of drug-likeness (QED) is 0.262. The third-order valence-electron chi connectivity index (χ3n) is 3.04. The zero-order chi connectivity index (χ0) is 17.4. The smallest absolute Gasteiger partial charge is 0.747 e. The number of imide groups is 2. The predicted octanol–water partition coefficient (Wildman–Crippen LogP) is -5.56. The summed E-state index contributed by atoms with van der Waals surface area (Å²) in [6, 6.07) is 0. The normalized spacial score (nSPS) is 20.6. The van der Waals surface area contributed by atoms with Gasteiger partial charge in [0.05, 0.1) is 12.8 Å². The first kappa shape index (κ1) is 20.4. The first-order chi connectivity index (χ1) is 10.6. The van der Waals surface area contributed by atoms with E-state index in [1.165, 1.54) is 0 Å². The summed E-state index contributed by atoms with van der Waals surface area (Å²) in [5.41, 5.74) is 0. The molecule has 0 bridgehead atoms. The fourth-order valence-corrected chi connectivity index (χ4v) is 2.60. The zero-order valence-electron chi connectivity index (χ0n) is 12.3. The van der Waals surface area contributed by atoms with Crippen LogP contribution in [0.3, 0.4) is 0 Å². The summed E-state index contributed by atoms with van der Waals surface area (Å²) >= 11 is 0. The molecule has 11 nitrogen and oxygen atoms in total. The molecule has 2 aliphatic rings. The van der Waals surface area contributed by atoms with Crippen LogP contribution in [-0.2, 0) is 38.9 Å². The average Bonchev–Trinajstić information content (AvgIpc) is 2.90. The molecule has 24 heavy (non-hydrogen) atoms. The molecule has 0 spiro atoms. The van der Waals surface area contributed by atoms with Crippen molar-refractivity contribution in [1.82, 2.24) is 9.96 Å². The van der Waals surface area contributed by atoms with Crippen molar-refractivity contribution in [2.24, 2.45) is 0 Å². The first-order valence-electron chi connectivity index (χ1n) is 6.17. The van der Waals surface area contributed by atoms with Crippen molar-refractivity contribution in [3.8, 4) is 0 Å². The number of carbonyl (C=O) groups excluding carboxylic acids is 5. The number of amides is 4. The van der Waals surface area contributed by atoms with Crippen LogP contribution in [0, 0.1) is 0 Å². The molecule has 1 fully saturated rings. The third-order valence-corrected chi connectivity index (χ3v) is 4.11. The molecule has 2 aliphatic heterocycles. The summed E-state index contributed by atoms with van der Waals surface area (Å²) in [5.74, 6) is -5.01. The van der Waals surface area contributed by atoms with Gasteiger partial charge in [0.25, 0.3) is 23.6 Å². The molecule has 0 aromatic rings. The van der Waals surface area contributed by atoms with Crippen LogP contribution in [0.5, 0.6) is 0 Å². The van der Waals surface area contributed by atoms with Crippen molar-refractivity contribution in [2.75, 3.05) is 6.54 Å². The number of hydrogen-bond donors (Lipinski definition) is 0. The molecular formula is C11H9N2NaO9S. The molecule has 2 rings (SSSR count). The van der Waals surface area contributed by atoms with Crippen LogP contribution >= 0.6 is 0 Å². The van der Waals surface area contributed by atoms with Gasteiger partial charge in [-0.15, -0.1) is 5.06 Å². The summed E-state index contributed by atoms with van der Waals surface area (Å²) in [6.07, 6.45) is 0.575. The van der Waals surface area contributed by atoms with Gasteiger partial charge >= 0.3 is 35.5 Å². The van der Waals surface area contributed by atoms with E-state index in [1.807, 2.05) is 0 Å². The fourth-order valence-electron chi connectivity index (χ4n) is 1.91. The molecule has 0 radical (unpaired) electrons. The molecule has 0 aromatic carbocycles. The number of nitrogens with zero attached hydrogens (tertiary/aromatic N) is 2. The van der Waals surface area contributed by atoms with E-state index in [1.54, 1.807) is 0 Å². The van der Waals surface area contributed by atoms with Crippen molar-refractivity contribution in [3.05, 3.63) is 12.2 Å². The average molecular weight is 368 g/mol. The van der Waals surface area contributed by atoms with E-state index in [2.05, 4.69) is 4.84 Å². The van der Waals surface area contributed by atoms with E-state index >= 15 is 0 Å². The summed E-state index contributed by atoms with van der Waals surface area (Å²) < 4.78 is 32.4. The summed E-state index contributed by atoms with van der Waals surface area (Å²) in [6.45, 7) is -0.344. The molecule has 0 aromatic heterocycles. The van der Waals surface area contributed by atoms with Gasteiger partial charge in [0.2, 0.25) is 0 Å². The van der Waals surface area contributed by atoms with Gasteiger partial charge < -0.3 is 9.39 Å². The Kier molecular flexibility index (Phi) is 6.41. The summed E-state index contributed by atoms with van der Waals surface area (Å²) in [5, 5.41) is -2.22. The first-order valence-corrected chi connectivity index (χ1v) is 7.64. The summed E-state index contributed by atoms with van der Waals surface area (Å²) in [7, 11) is -5.05.